The third-order valence-electron chi connectivity index (χ3n) is 3.41. The average Bonchev–Trinajstić information content (AvgIpc) is 3.07. The molecule has 0 saturated carbocycles. The molecule has 3 heterocycles. The fraction of sp³-hybridized carbons (Fsp3) is 0.400. The number of hydrogen-bond donors (Lipinski definition) is 1. The van der Waals surface area contributed by atoms with Crippen LogP contribution < -0.4 is 10.1 Å². The van der Waals surface area contributed by atoms with Crippen LogP contribution in [0.1, 0.15) is 16.9 Å². The Labute approximate surface area is 142 Å². The highest BCUT2D eigenvalue weighted by molar-refractivity contribution is 8.00. The third kappa shape index (κ3) is 4.21. The first-order chi connectivity index (χ1) is 11.3. The SMILES string of the molecule is CSc1nc(C(=O)N[C@@H]2COCC[C@H]2Oc2ccccn2)cs1. The van der Waals surface area contributed by atoms with Crippen LogP contribution in [0.3, 0.4) is 0 Å². The molecule has 1 amide bonds. The van der Waals surface area contributed by atoms with Gasteiger partial charge in [-0.05, 0) is 12.3 Å². The molecule has 1 saturated heterocycles. The van der Waals surface area contributed by atoms with Crippen molar-refractivity contribution in [2.75, 3.05) is 19.5 Å². The smallest absolute Gasteiger partial charge is 0.271 e. The van der Waals surface area contributed by atoms with E-state index in [1.807, 2.05) is 18.4 Å². The number of carbonyl (C=O) groups is 1. The lowest BCUT2D eigenvalue weighted by Gasteiger charge is -2.31. The highest BCUT2D eigenvalue weighted by Crippen LogP contribution is 2.20. The summed E-state index contributed by atoms with van der Waals surface area (Å²) in [5, 5.41) is 4.72. The third-order valence-corrected chi connectivity index (χ3v) is 5.27. The van der Waals surface area contributed by atoms with Gasteiger partial charge in [0.2, 0.25) is 5.88 Å². The number of nitrogens with one attached hydrogen (secondary N) is 1. The summed E-state index contributed by atoms with van der Waals surface area (Å²) in [4.78, 5) is 20.8. The van der Waals surface area contributed by atoms with Crippen molar-refractivity contribution in [1.29, 1.82) is 0 Å². The van der Waals surface area contributed by atoms with Crippen molar-refractivity contribution in [1.82, 2.24) is 15.3 Å². The molecule has 0 aromatic carbocycles. The van der Waals surface area contributed by atoms with Crippen LogP contribution in [-0.4, -0.2) is 47.5 Å². The Balaban J connectivity index is 1.65. The predicted molar refractivity (Wildman–Crippen MR) is 89.2 cm³/mol. The number of pyridine rings is 1. The number of nitrogens with zero attached hydrogens (tertiary/aromatic N) is 2. The van der Waals surface area contributed by atoms with Crippen molar-refractivity contribution in [2.24, 2.45) is 0 Å². The fourth-order valence-electron chi connectivity index (χ4n) is 2.26. The van der Waals surface area contributed by atoms with Gasteiger partial charge in [-0.1, -0.05) is 17.8 Å². The average molecular weight is 351 g/mol. The second-order valence-electron chi connectivity index (χ2n) is 4.97. The van der Waals surface area contributed by atoms with Crippen molar-refractivity contribution in [3.05, 3.63) is 35.5 Å². The van der Waals surface area contributed by atoms with Gasteiger partial charge in [-0.2, -0.15) is 0 Å². The Hall–Kier alpha value is -1.64. The largest absolute Gasteiger partial charge is 0.472 e. The highest BCUT2D eigenvalue weighted by Gasteiger charge is 2.30. The zero-order chi connectivity index (χ0) is 16.1. The first-order valence-electron chi connectivity index (χ1n) is 7.22. The van der Waals surface area contributed by atoms with E-state index in [1.54, 1.807) is 17.6 Å². The maximum Gasteiger partial charge on any atom is 0.271 e. The summed E-state index contributed by atoms with van der Waals surface area (Å²) in [7, 11) is 0. The van der Waals surface area contributed by atoms with Gasteiger partial charge in [0.25, 0.3) is 5.91 Å². The van der Waals surface area contributed by atoms with Gasteiger partial charge in [0.1, 0.15) is 16.1 Å². The Bertz CT molecular complexity index is 650. The van der Waals surface area contributed by atoms with Gasteiger partial charge in [0.15, 0.2) is 0 Å². The number of ether oxygens (including phenoxy) is 2. The van der Waals surface area contributed by atoms with E-state index in [1.165, 1.54) is 23.1 Å². The van der Waals surface area contributed by atoms with E-state index in [4.69, 9.17) is 9.47 Å². The summed E-state index contributed by atoms with van der Waals surface area (Å²) in [6.45, 7) is 1.03. The molecule has 2 atom stereocenters. The van der Waals surface area contributed by atoms with Crippen molar-refractivity contribution in [3.8, 4) is 5.88 Å². The Morgan fingerprint density at radius 3 is 3.17 bits per heavy atom. The van der Waals surface area contributed by atoms with E-state index >= 15 is 0 Å². The van der Waals surface area contributed by atoms with Crippen LogP contribution >= 0.6 is 23.1 Å². The maximum absolute atomic E-state index is 12.3. The number of aromatic nitrogens is 2. The molecule has 0 aliphatic carbocycles. The number of hydrogen-bond acceptors (Lipinski definition) is 7. The molecule has 0 spiro atoms. The van der Waals surface area contributed by atoms with Gasteiger partial charge in [-0.15, -0.1) is 11.3 Å². The van der Waals surface area contributed by atoms with E-state index in [0.717, 1.165) is 4.34 Å². The lowest BCUT2D eigenvalue weighted by Crippen LogP contribution is -2.52. The quantitative estimate of drug-likeness (QED) is 0.833. The van der Waals surface area contributed by atoms with E-state index in [0.29, 0.717) is 31.2 Å². The number of amides is 1. The number of rotatable bonds is 5. The van der Waals surface area contributed by atoms with Crippen LogP contribution in [0.5, 0.6) is 5.88 Å². The molecule has 0 bridgehead atoms. The molecule has 122 valence electrons. The molecule has 1 aliphatic rings. The van der Waals surface area contributed by atoms with Gasteiger partial charge in [-0.3, -0.25) is 4.79 Å². The second kappa shape index (κ2) is 7.76. The highest BCUT2D eigenvalue weighted by atomic mass is 32.2. The number of carbonyl (C=O) groups excluding carboxylic acids is 1. The van der Waals surface area contributed by atoms with Crippen LogP contribution in [0, 0.1) is 0 Å². The molecule has 1 fully saturated rings. The van der Waals surface area contributed by atoms with Crippen LogP contribution in [0.4, 0.5) is 0 Å². The van der Waals surface area contributed by atoms with E-state index in [-0.39, 0.29) is 18.1 Å². The number of thiazole rings is 1. The van der Waals surface area contributed by atoms with Crippen molar-refractivity contribution in [2.45, 2.75) is 22.9 Å². The molecule has 2 aromatic rings. The summed E-state index contributed by atoms with van der Waals surface area (Å²) in [6, 6.07) is 5.29. The van der Waals surface area contributed by atoms with Gasteiger partial charge in [-0.25, -0.2) is 9.97 Å². The molecular formula is C15H17N3O3S2. The summed E-state index contributed by atoms with van der Waals surface area (Å²) >= 11 is 2.99. The molecule has 23 heavy (non-hydrogen) atoms. The normalized spacial score (nSPS) is 20.9. The van der Waals surface area contributed by atoms with Crippen LogP contribution in [0.25, 0.3) is 0 Å². The molecule has 2 aromatic heterocycles. The minimum atomic E-state index is -0.224. The van der Waals surface area contributed by atoms with E-state index < -0.39 is 0 Å². The first-order valence-corrected chi connectivity index (χ1v) is 9.32. The second-order valence-corrected chi connectivity index (χ2v) is 6.88. The van der Waals surface area contributed by atoms with Gasteiger partial charge in [0.05, 0.1) is 19.3 Å². The van der Waals surface area contributed by atoms with E-state index in [9.17, 15) is 4.79 Å². The molecule has 1 aliphatic heterocycles. The predicted octanol–water partition coefficient (Wildman–Crippen LogP) is 2.23. The van der Waals surface area contributed by atoms with Crippen LogP contribution in [0.15, 0.2) is 34.1 Å². The standard InChI is InChI=1S/C15H17N3O3S2/c1-22-15-18-11(9-23-15)14(19)17-10-8-20-7-5-12(10)21-13-4-2-3-6-16-13/h2-4,6,9-10,12H,5,7-8H2,1H3,(H,17,19)/t10-,12-/m1/s1. The minimum absolute atomic E-state index is 0.166. The Kier molecular flexibility index (Phi) is 5.47. The Morgan fingerprint density at radius 1 is 1.52 bits per heavy atom. The van der Waals surface area contributed by atoms with Gasteiger partial charge >= 0.3 is 0 Å². The molecule has 0 radical (unpaired) electrons. The van der Waals surface area contributed by atoms with Crippen LogP contribution in [0.2, 0.25) is 0 Å². The number of thioether (sulfide) groups is 1. The van der Waals surface area contributed by atoms with Crippen molar-refractivity contribution >= 4 is 29.0 Å². The Morgan fingerprint density at radius 2 is 2.43 bits per heavy atom. The topological polar surface area (TPSA) is 73.3 Å². The summed E-state index contributed by atoms with van der Waals surface area (Å²) < 4.78 is 12.3. The molecule has 8 heteroatoms. The zero-order valence-electron chi connectivity index (χ0n) is 12.6. The lowest BCUT2D eigenvalue weighted by molar-refractivity contribution is -0.00454. The fourth-order valence-corrected chi connectivity index (χ4v) is 3.51. The molecule has 0 unspecified atom stereocenters. The first kappa shape index (κ1) is 16.2. The monoisotopic (exact) mass is 351 g/mol. The van der Waals surface area contributed by atoms with Crippen molar-refractivity contribution in [3.63, 3.8) is 0 Å². The van der Waals surface area contributed by atoms with E-state index in [2.05, 4.69) is 15.3 Å². The zero-order valence-corrected chi connectivity index (χ0v) is 14.2. The van der Waals surface area contributed by atoms with Crippen LogP contribution in [-0.2, 0) is 4.74 Å². The molecular weight excluding hydrogens is 334 g/mol. The minimum Gasteiger partial charge on any atom is -0.472 e. The van der Waals surface area contributed by atoms with Crippen molar-refractivity contribution < 1.29 is 14.3 Å². The van der Waals surface area contributed by atoms with Gasteiger partial charge in [0, 0.05) is 24.1 Å². The summed E-state index contributed by atoms with van der Waals surface area (Å²) in [5.41, 5.74) is 0.432. The van der Waals surface area contributed by atoms with Gasteiger partial charge < -0.3 is 14.8 Å². The maximum atomic E-state index is 12.3. The molecule has 1 N–H and O–H groups in total. The molecule has 6 nitrogen and oxygen atoms in total. The summed E-state index contributed by atoms with van der Waals surface area (Å²) in [5.74, 6) is 0.351. The summed E-state index contributed by atoms with van der Waals surface area (Å²) in [6.07, 6.45) is 4.16. The molecule has 3 rings (SSSR count). The lowest BCUT2D eigenvalue weighted by atomic mass is 10.1.